The zero-order valence-electron chi connectivity index (χ0n) is 7.29. The lowest BCUT2D eigenvalue weighted by molar-refractivity contribution is -0.184. The summed E-state index contributed by atoms with van der Waals surface area (Å²) in [5.74, 6) is 2.07. The molecule has 0 radical (unpaired) electrons. The standard InChI is InChI=1S/C9H12O3/c1-4-7(2)12-8(10)9(3)5-11-6-9/h1,7H,5-6H2,2-3H3. The minimum Gasteiger partial charge on any atom is -0.449 e. The second-order valence-electron chi connectivity index (χ2n) is 3.27. The van der Waals surface area contributed by atoms with E-state index < -0.39 is 11.5 Å². The number of hydrogen-bond donors (Lipinski definition) is 0. The molecule has 0 aliphatic carbocycles. The Morgan fingerprint density at radius 1 is 1.75 bits per heavy atom. The maximum absolute atomic E-state index is 11.3. The Morgan fingerprint density at radius 3 is 2.67 bits per heavy atom. The lowest BCUT2D eigenvalue weighted by Gasteiger charge is -2.35. The van der Waals surface area contributed by atoms with Gasteiger partial charge in [-0.25, -0.2) is 0 Å². The summed E-state index contributed by atoms with van der Waals surface area (Å²) in [7, 11) is 0. The molecule has 0 spiro atoms. The highest BCUT2D eigenvalue weighted by Crippen LogP contribution is 2.28. The van der Waals surface area contributed by atoms with Crippen molar-refractivity contribution in [2.75, 3.05) is 13.2 Å². The summed E-state index contributed by atoms with van der Waals surface area (Å²) in [6, 6.07) is 0. The number of terminal acetylenes is 1. The quantitative estimate of drug-likeness (QED) is 0.447. The molecule has 0 bridgehead atoms. The van der Waals surface area contributed by atoms with Crippen LogP contribution in [0.4, 0.5) is 0 Å². The van der Waals surface area contributed by atoms with Crippen LogP contribution in [0.15, 0.2) is 0 Å². The highest BCUT2D eigenvalue weighted by molar-refractivity contribution is 5.77. The Balaban J connectivity index is 2.44. The second kappa shape index (κ2) is 3.16. The van der Waals surface area contributed by atoms with Crippen molar-refractivity contribution in [2.24, 2.45) is 5.41 Å². The molecule has 3 nitrogen and oxygen atoms in total. The van der Waals surface area contributed by atoms with Gasteiger partial charge in [0.05, 0.1) is 13.2 Å². The van der Waals surface area contributed by atoms with E-state index in [0.717, 1.165) is 0 Å². The van der Waals surface area contributed by atoms with Crippen molar-refractivity contribution in [1.29, 1.82) is 0 Å². The number of esters is 1. The molecule has 1 rings (SSSR count). The molecule has 0 aromatic carbocycles. The van der Waals surface area contributed by atoms with Crippen LogP contribution in [-0.2, 0) is 14.3 Å². The van der Waals surface area contributed by atoms with Crippen LogP contribution in [-0.4, -0.2) is 25.3 Å². The van der Waals surface area contributed by atoms with Crippen molar-refractivity contribution >= 4 is 5.97 Å². The molecule has 3 heteroatoms. The normalized spacial score (nSPS) is 21.8. The van der Waals surface area contributed by atoms with Gasteiger partial charge in [-0.1, -0.05) is 5.92 Å². The van der Waals surface area contributed by atoms with E-state index >= 15 is 0 Å². The molecular weight excluding hydrogens is 156 g/mol. The van der Waals surface area contributed by atoms with Crippen LogP contribution in [0, 0.1) is 17.8 Å². The summed E-state index contributed by atoms with van der Waals surface area (Å²) in [5.41, 5.74) is -0.467. The molecule has 0 N–H and O–H groups in total. The molecular formula is C9H12O3. The third kappa shape index (κ3) is 1.59. The van der Waals surface area contributed by atoms with Gasteiger partial charge in [0.15, 0.2) is 6.10 Å². The smallest absolute Gasteiger partial charge is 0.317 e. The van der Waals surface area contributed by atoms with Gasteiger partial charge >= 0.3 is 5.97 Å². The van der Waals surface area contributed by atoms with E-state index in [9.17, 15) is 4.79 Å². The predicted molar refractivity (Wildman–Crippen MR) is 43.3 cm³/mol. The van der Waals surface area contributed by atoms with Crippen LogP contribution in [0.5, 0.6) is 0 Å². The average Bonchev–Trinajstić information content (AvgIpc) is 1.99. The zero-order chi connectivity index (χ0) is 9.19. The monoisotopic (exact) mass is 168 g/mol. The molecule has 0 aromatic rings. The molecule has 1 aliphatic heterocycles. The first-order chi connectivity index (χ1) is 5.58. The SMILES string of the molecule is C#CC(C)OC(=O)C1(C)COC1. The second-order valence-corrected chi connectivity index (χ2v) is 3.27. The first-order valence-electron chi connectivity index (χ1n) is 3.83. The Morgan fingerprint density at radius 2 is 2.33 bits per heavy atom. The highest BCUT2D eigenvalue weighted by Gasteiger charge is 2.43. The largest absolute Gasteiger partial charge is 0.449 e. The van der Waals surface area contributed by atoms with Gasteiger partial charge in [0.1, 0.15) is 5.41 Å². The number of rotatable bonds is 2. The van der Waals surface area contributed by atoms with Gasteiger partial charge < -0.3 is 9.47 Å². The van der Waals surface area contributed by atoms with Crippen molar-refractivity contribution in [1.82, 2.24) is 0 Å². The third-order valence-electron chi connectivity index (χ3n) is 1.85. The zero-order valence-corrected chi connectivity index (χ0v) is 7.29. The van der Waals surface area contributed by atoms with Crippen LogP contribution >= 0.6 is 0 Å². The van der Waals surface area contributed by atoms with Gasteiger partial charge in [-0.05, 0) is 13.8 Å². The molecule has 0 aromatic heterocycles. The topological polar surface area (TPSA) is 35.5 Å². The highest BCUT2D eigenvalue weighted by atomic mass is 16.6. The fourth-order valence-electron chi connectivity index (χ4n) is 0.863. The van der Waals surface area contributed by atoms with E-state index in [0.29, 0.717) is 13.2 Å². The van der Waals surface area contributed by atoms with Crippen LogP contribution in [0.2, 0.25) is 0 Å². The van der Waals surface area contributed by atoms with E-state index in [1.165, 1.54) is 0 Å². The molecule has 1 heterocycles. The summed E-state index contributed by atoms with van der Waals surface area (Å²) < 4.78 is 9.87. The molecule has 1 saturated heterocycles. The fourth-order valence-corrected chi connectivity index (χ4v) is 0.863. The lowest BCUT2D eigenvalue weighted by Crippen LogP contribution is -2.48. The molecule has 0 amide bonds. The number of ether oxygens (including phenoxy) is 2. The van der Waals surface area contributed by atoms with Crippen molar-refractivity contribution in [3.63, 3.8) is 0 Å². The lowest BCUT2D eigenvalue weighted by atomic mass is 9.89. The first-order valence-corrected chi connectivity index (χ1v) is 3.83. The maximum atomic E-state index is 11.3. The van der Waals surface area contributed by atoms with E-state index in [4.69, 9.17) is 15.9 Å². The number of carbonyl (C=O) groups is 1. The molecule has 1 unspecified atom stereocenters. The van der Waals surface area contributed by atoms with Crippen molar-refractivity contribution in [2.45, 2.75) is 20.0 Å². The number of hydrogen-bond acceptors (Lipinski definition) is 3. The van der Waals surface area contributed by atoms with E-state index in [2.05, 4.69) is 5.92 Å². The summed E-state index contributed by atoms with van der Waals surface area (Å²) in [4.78, 5) is 11.3. The molecule has 0 saturated carbocycles. The Kier molecular flexibility index (Phi) is 2.39. The van der Waals surface area contributed by atoms with Crippen molar-refractivity contribution in [3.05, 3.63) is 0 Å². The molecule has 1 fully saturated rings. The van der Waals surface area contributed by atoms with Crippen LogP contribution in [0.3, 0.4) is 0 Å². The van der Waals surface area contributed by atoms with Gasteiger partial charge in [0, 0.05) is 0 Å². The van der Waals surface area contributed by atoms with E-state index in [-0.39, 0.29) is 5.97 Å². The molecule has 1 atom stereocenters. The molecule has 66 valence electrons. The predicted octanol–water partition coefficient (Wildman–Crippen LogP) is 0.588. The van der Waals surface area contributed by atoms with Crippen molar-refractivity contribution < 1.29 is 14.3 Å². The van der Waals surface area contributed by atoms with Crippen LogP contribution in [0.1, 0.15) is 13.8 Å². The average molecular weight is 168 g/mol. The van der Waals surface area contributed by atoms with Gasteiger partial charge in [-0.2, -0.15) is 0 Å². The molecule has 1 aliphatic rings. The Hall–Kier alpha value is -1.01. The van der Waals surface area contributed by atoms with E-state index in [1.807, 2.05) is 6.92 Å². The first kappa shape index (κ1) is 9.08. The van der Waals surface area contributed by atoms with Gasteiger partial charge in [0.25, 0.3) is 0 Å². The fraction of sp³-hybridized carbons (Fsp3) is 0.667. The summed E-state index contributed by atoms with van der Waals surface area (Å²) in [6.07, 6.45) is 4.62. The molecule has 12 heavy (non-hydrogen) atoms. The Bertz CT molecular complexity index is 222. The maximum Gasteiger partial charge on any atom is 0.317 e. The van der Waals surface area contributed by atoms with Crippen LogP contribution in [0.25, 0.3) is 0 Å². The summed E-state index contributed by atoms with van der Waals surface area (Å²) >= 11 is 0. The van der Waals surface area contributed by atoms with Gasteiger partial charge in [-0.15, -0.1) is 6.42 Å². The Labute approximate surface area is 72.0 Å². The summed E-state index contributed by atoms with van der Waals surface area (Å²) in [6.45, 7) is 4.34. The minimum atomic E-state index is -0.467. The summed E-state index contributed by atoms with van der Waals surface area (Å²) in [5, 5.41) is 0. The minimum absolute atomic E-state index is 0.265. The van der Waals surface area contributed by atoms with Gasteiger partial charge in [-0.3, -0.25) is 4.79 Å². The van der Waals surface area contributed by atoms with Gasteiger partial charge in [0.2, 0.25) is 0 Å². The third-order valence-corrected chi connectivity index (χ3v) is 1.85. The van der Waals surface area contributed by atoms with Crippen molar-refractivity contribution in [3.8, 4) is 12.3 Å². The van der Waals surface area contributed by atoms with Crippen LogP contribution < -0.4 is 0 Å². The van der Waals surface area contributed by atoms with E-state index in [1.54, 1.807) is 6.92 Å². The number of carbonyl (C=O) groups excluding carboxylic acids is 1.